The lowest BCUT2D eigenvalue weighted by atomic mass is 10.3. The summed E-state index contributed by atoms with van der Waals surface area (Å²) in [7, 11) is 0. The topological polar surface area (TPSA) is 59.6 Å². The van der Waals surface area contributed by atoms with E-state index < -0.39 is 0 Å². The number of rotatable bonds is 2. The first-order chi connectivity index (χ1) is 7.24. The first-order valence-electron chi connectivity index (χ1n) is 4.30. The van der Waals surface area contributed by atoms with Crippen molar-refractivity contribution in [1.29, 1.82) is 0 Å². The summed E-state index contributed by atoms with van der Waals surface area (Å²) in [5.74, 6) is 0.376. The fraction of sp³-hybridized carbons (Fsp3) is 0.111. The lowest BCUT2D eigenvalue weighted by Gasteiger charge is -2.07. The van der Waals surface area contributed by atoms with Crippen LogP contribution in [-0.2, 0) is 0 Å². The van der Waals surface area contributed by atoms with Crippen LogP contribution in [0.2, 0.25) is 0 Å². The lowest BCUT2D eigenvalue weighted by Crippen LogP contribution is -2.01. The van der Waals surface area contributed by atoms with Crippen LogP contribution in [0.1, 0.15) is 0 Å². The van der Waals surface area contributed by atoms with Crippen LogP contribution in [0.5, 0.6) is 0 Å². The fourth-order valence-electron chi connectivity index (χ4n) is 1.36. The van der Waals surface area contributed by atoms with Gasteiger partial charge in [-0.2, -0.15) is 0 Å². The normalized spacial score (nSPS) is 10.5. The molecule has 1 aromatic carbocycles. The third-order valence-corrected chi connectivity index (χ3v) is 3.08. The number of nitrogens with one attached hydrogen (secondary N) is 1. The minimum Gasteiger partial charge on any atom is -0.368 e. The molecule has 0 saturated carbocycles. The molecule has 0 radical (unpaired) electrons. The lowest BCUT2D eigenvalue weighted by molar-refractivity contribution is 1.01. The first kappa shape index (κ1) is 10.3. The van der Waals surface area contributed by atoms with Crippen LogP contribution in [0, 0.1) is 4.77 Å². The van der Waals surface area contributed by atoms with Gasteiger partial charge in [0.25, 0.3) is 0 Å². The van der Waals surface area contributed by atoms with Crippen molar-refractivity contribution in [2.24, 2.45) is 0 Å². The molecule has 78 valence electrons. The molecular weight excluding hydrogens is 228 g/mol. The van der Waals surface area contributed by atoms with Gasteiger partial charge in [0.2, 0.25) is 10.7 Å². The van der Waals surface area contributed by atoms with E-state index in [1.807, 2.05) is 30.5 Å². The van der Waals surface area contributed by atoms with Gasteiger partial charge >= 0.3 is 0 Å². The summed E-state index contributed by atoms with van der Waals surface area (Å²) < 4.78 is 2.23. The Morgan fingerprint density at radius 1 is 1.47 bits per heavy atom. The summed E-state index contributed by atoms with van der Waals surface area (Å²) in [6.45, 7) is 0. The fourth-order valence-corrected chi connectivity index (χ4v) is 2.18. The predicted molar refractivity (Wildman–Crippen MR) is 64.9 cm³/mol. The summed E-state index contributed by atoms with van der Waals surface area (Å²) in [5, 5.41) is 6.55. The minimum atomic E-state index is 0.376. The molecule has 6 heteroatoms. The monoisotopic (exact) mass is 238 g/mol. The van der Waals surface area contributed by atoms with E-state index in [0.717, 1.165) is 10.6 Å². The quantitative estimate of drug-likeness (QED) is 0.622. The SMILES string of the molecule is CSc1ccccc1-n1c(N)n[nH]c1=S. The van der Waals surface area contributed by atoms with Crippen LogP contribution in [0.25, 0.3) is 5.69 Å². The third kappa shape index (κ3) is 1.78. The summed E-state index contributed by atoms with van der Waals surface area (Å²) >= 11 is 6.76. The van der Waals surface area contributed by atoms with E-state index in [-0.39, 0.29) is 0 Å². The molecule has 1 aromatic heterocycles. The molecule has 0 aliphatic carbocycles. The zero-order valence-electron chi connectivity index (χ0n) is 8.10. The van der Waals surface area contributed by atoms with Gasteiger partial charge < -0.3 is 5.73 Å². The van der Waals surface area contributed by atoms with Gasteiger partial charge in [-0.3, -0.25) is 4.57 Å². The number of H-pyrrole nitrogens is 1. The number of anilines is 1. The van der Waals surface area contributed by atoms with Gasteiger partial charge in [0.1, 0.15) is 0 Å². The highest BCUT2D eigenvalue weighted by Gasteiger charge is 2.08. The van der Waals surface area contributed by atoms with Crippen molar-refractivity contribution in [1.82, 2.24) is 14.8 Å². The van der Waals surface area contributed by atoms with Crippen LogP contribution < -0.4 is 5.73 Å². The second kappa shape index (κ2) is 4.08. The van der Waals surface area contributed by atoms with Gasteiger partial charge in [0, 0.05) is 4.90 Å². The van der Waals surface area contributed by atoms with Gasteiger partial charge in [-0.05, 0) is 30.6 Å². The standard InChI is InChI=1S/C9H10N4S2/c1-15-7-5-3-2-4-6(7)13-8(10)11-12-9(13)14/h2-5H,1H3,(H2,10,11)(H,12,14). The molecule has 4 nitrogen and oxygen atoms in total. The van der Waals surface area contributed by atoms with E-state index in [4.69, 9.17) is 18.0 Å². The van der Waals surface area contributed by atoms with Crippen LogP contribution in [0.15, 0.2) is 29.2 Å². The average molecular weight is 238 g/mol. The summed E-state index contributed by atoms with van der Waals surface area (Å²) in [6, 6.07) is 7.92. The largest absolute Gasteiger partial charge is 0.368 e. The molecule has 0 atom stereocenters. The minimum absolute atomic E-state index is 0.376. The highest BCUT2D eigenvalue weighted by atomic mass is 32.2. The van der Waals surface area contributed by atoms with E-state index in [2.05, 4.69) is 10.2 Å². The Kier molecular flexibility index (Phi) is 2.79. The molecule has 0 unspecified atom stereocenters. The Morgan fingerprint density at radius 3 is 2.80 bits per heavy atom. The molecule has 0 spiro atoms. The Bertz CT molecular complexity index is 529. The number of aromatic nitrogens is 3. The number of benzene rings is 1. The van der Waals surface area contributed by atoms with Crippen molar-refractivity contribution in [2.45, 2.75) is 4.90 Å². The number of thioether (sulfide) groups is 1. The van der Waals surface area contributed by atoms with E-state index in [9.17, 15) is 0 Å². The Balaban J connectivity index is 2.69. The summed E-state index contributed by atoms with van der Waals surface area (Å²) in [4.78, 5) is 1.11. The van der Waals surface area contributed by atoms with Crippen molar-refractivity contribution in [3.8, 4) is 5.69 Å². The van der Waals surface area contributed by atoms with Crippen molar-refractivity contribution >= 4 is 29.9 Å². The molecule has 0 saturated heterocycles. The zero-order chi connectivity index (χ0) is 10.8. The second-order valence-electron chi connectivity index (χ2n) is 2.89. The zero-order valence-corrected chi connectivity index (χ0v) is 9.73. The van der Waals surface area contributed by atoms with Crippen molar-refractivity contribution < 1.29 is 0 Å². The molecule has 0 bridgehead atoms. The maximum Gasteiger partial charge on any atom is 0.225 e. The van der Waals surface area contributed by atoms with Crippen molar-refractivity contribution in [2.75, 3.05) is 12.0 Å². The van der Waals surface area contributed by atoms with Gasteiger partial charge in [0.15, 0.2) is 0 Å². The molecule has 0 amide bonds. The van der Waals surface area contributed by atoms with E-state index in [0.29, 0.717) is 10.7 Å². The molecule has 0 fully saturated rings. The number of para-hydroxylation sites is 1. The Hall–Kier alpha value is -1.27. The van der Waals surface area contributed by atoms with Crippen molar-refractivity contribution in [3.63, 3.8) is 0 Å². The van der Waals surface area contributed by atoms with E-state index >= 15 is 0 Å². The summed E-state index contributed by atoms with van der Waals surface area (Å²) in [6.07, 6.45) is 2.01. The highest BCUT2D eigenvalue weighted by molar-refractivity contribution is 7.98. The number of nitrogens with zero attached hydrogens (tertiary/aromatic N) is 2. The number of nitrogens with two attached hydrogens (primary N) is 1. The highest BCUT2D eigenvalue weighted by Crippen LogP contribution is 2.24. The van der Waals surface area contributed by atoms with Crippen LogP contribution in [-0.4, -0.2) is 21.0 Å². The first-order valence-corrected chi connectivity index (χ1v) is 5.93. The number of hydrogen-bond donors (Lipinski definition) is 2. The molecular formula is C9H10N4S2. The predicted octanol–water partition coefficient (Wildman–Crippen LogP) is 2.23. The van der Waals surface area contributed by atoms with Gasteiger partial charge in [-0.25, -0.2) is 5.10 Å². The van der Waals surface area contributed by atoms with Gasteiger partial charge in [-0.1, -0.05) is 12.1 Å². The molecule has 2 aromatic rings. The van der Waals surface area contributed by atoms with E-state index in [1.165, 1.54) is 0 Å². The van der Waals surface area contributed by atoms with Crippen LogP contribution in [0.4, 0.5) is 5.95 Å². The third-order valence-electron chi connectivity index (χ3n) is 2.02. The maximum absolute atomic E-state index is 5.74. The Morgan fingerprint density at radius 2 is 2.20 bits per heavy atom. The number of aromatic amines is 1. The molecule has 3 N–H and O–H groups in total. The maximum atomic E-state index is 5.74. The van der Waals surface area contributed by atoms with E-state index in [1.54, 1.807) is 16.3 Å². The average Bonchev–Trinajstić information content (AvgIpc) is 2.59. The molecule has 0 aliphatic heterocycles. The number of nitrogen functional groups attached to an aromatic ring is 1. The molecule has 1 heterocycles. The molecule has 0 aliphatic rings. The van der Waals surface area contributed by atoms with Crippen LogP contribution in [0.3, 0.4) is 0 Å². The van der Waals surface area contributed by atoms with Crippen LogP contribution >= 0.6 is 24.0 Å². The van der Waals surface area contributed by atoms with Crippen molar-refractivity contribution in [3.05, 3.63) is 29.0 Å². The summed E-state index contributed by atoms with van der Waals surface area (Å²) in [5.41, 5.74) is 6.70. The number of hydrogen-bond acceptors (Lipinski definition) is 4. The molecule has 2 rings (SSSR count). The second-order valence-corrected chi connectivity index (χ2v) is 4.13. The molecule has 15 heavy (non-hydrogen) atoms. The van der Waals surface area contributed by atoms with Gasteiger partial charge in [-0.15, -0.1) is 16.9 Å². The van der Waals surface area contributed by atoms with Gasteiger partial charge in [0.05, 0.1) is 5.69 Å². The Labute approximate surface area is 96.5 Å². The smallest absolute Gasteiger partial charge is 0.225 e.